The molecule has 36 heavy (non-hydrogen) atoms. The summed E-state index contributed by atoms with van der Waals surface area (Å²) in [6.07, 6.45) is 8.84. The maximum atomic E-state index is 13.4. The van der Waals surface area contributed by atoms with Gasteiger partial charge >= 0.3 is 0 Å². The van der Waals surface area contributed by atoms with E-state index in [1.165, 1.54) is 12.4 Å². The number of thioether (sulfide) groups is 1. The second kappa shape index (κ2) is 12.2. The SMILES string of the molecule is CNC1CCC(Oc2cc(SC)ccc2C(=O)Nc2cccnc2C(=O)Nc2ccc(Cl)cn2)CC1. The van der Waals surface area contributed by atoms with Crippen molar-refractivity contribution in [2.24, 2.45) is 0 Å². The van der Waals surface area contributed by atoms with Gasteiger partial charge in [-0.2, -0.15) is 0 Å². The predicted octanol–water partition coefficient (Wildman–Crippen LogP) is 5.27. The van der Waals surface area contributed by atoms with Crippen molar-refractivity contribution in [2.45, 2.75) is 42.7 Å². The summed E-state index contributed by atoms with van der Waals surface area (Å²) in [6, 6.07) is 12.5. The zero-order chi connectivity index (χ0) is 25.5. The van der Waals surface area contributed by atoms with Crippen LogP contribution < -0.4 is 20.7 Å². The van der Waals surface area contributed by atoms with Gasteiger partial charge in [-0.1, -0.05) is 11.6 Å². The van der Waals surface area contributed by atoms with E-state index >= 15 is 0 Å². The van der Waals surface area contributed by atoms with Crippen LogP contribution in [0.2, 0.25) is 5.02 Å². The minimum absolute atomic E-state index is 0.0462. The molecule has 4 rings (SSSR count). The molecule has 1 saturated carbocycles. The minimum atomic E-state index is -0.503. The number of halogens is 1. The number of nitrogens with zero attached hydrogens (tertiary/aromatic N) is 2. The summed E-state index contributed by atoms with van der Waals surface area (Å²) in [4.78, 5) is 35.5. The summed E-state index contributed by atoms with van der Waals surface area (Å²) in [6.45, 7) is 0. The van der Waals surface area contributed by atoms with Crippen LogP contribution in [-0.2, 0) is 0 Å². The van der Waals surface area contributed by atoms with Crippen LogP contribution in [0.4, 0.5) is 11.5 Å². The fraction of sp³-hybridized carbons (Fsp3) is 0.308. The molecule has 1 fully saturated rings. The van der Waals surface area contributed by atoms with E-state index in [0.717, 1.165) is 30.6 Å². The van der Waals surface area contributed by atoms with Gasteiger partial charge < -0.3 is 20.7 Å². The van der Waals surface area contributed by atoms with E-state index in [0.29, 0.717) is 28.2 Å². The number of aromatic nitrogens is 2. The van der Waals surface area contributed by atoms with Crippen molar-refractivity contribution in [3.05, 3.63) is 71.1 Å². The first-order valence-electron chi connectivity index (χ1n) is 11.7. The molecule has 1 aliphatic carbocycles. The van der Waals surface area contributed by atoms with Gasteiger partial charge in [0.2, 0.25) is 0 Å². The average molecular weight is 526 g/mol. The van der Waals surface area contributed by atoms with Crippen molar-refractivity contribution in [3.8, 4) is 5.75 Å². The molecule has 2 aromatic heterocycles. The van der Waals surface area contributed by atoms with Crippen molar-refractivity contribution in [1.82, 2.24) is 15.3 Å². The van der Waals surface area contributed by atoms with E-state index in [-0.39, 0.29) is 23.4 Å². The molecule has 1 aromatic carbocycles. The molecule has 3 N–H and O–H groups in total. The summed E-state index contributed by atoms with van der Waals surface area (Å²) < 4.78 is 6.33. The van der Waals surface area contributed by atoms with Gasteiger partial charge in [-0.3, -0.25) is 9.59 Å². The standard InChI is InChI=1S/C26H28ClN5O3S/c1-28-17-6-8-18(9-7-17)35-22-14-19(36-2)10-11-20(22)25(33)31-21-4-3-13-29-24(21)26(34)32-23-12-5-16(27)15-30-23/h3-5,10-15,17-18,28H,6-9H2,1-2H3,(H,31,33)(H,30,32,34). The first-order valence-corrected chi connectivity index (χ1v) is 13.3. The van der Waals surface area contributed by atoms with Gasteiger partial charge in [-0.05, 0) is 81.5 Å². The monoisotopic (exact) mass is 525 g/mol. The third-order valence-electron chi connectivity index (χ3n) is 6.05. The summed E-state index contributed by atoms with van der Waals surface area (Å²) in [5.41, 5.74) is 0.748. The number of hydrogen-bond donors (Lipinski definition) is 3. The highest BCUT2D eigenvalue weighted by Crippen LogP contribution is 2.31. The zero-order valence-electron chi connectivity index (χ0n) is 20.1. The van der Waals surface area contributed by atoms with Gasteiger partial charge in [0, 0.05) is 23.3 Å². The van der Waals surface area contributed by atoms with Gasteiger partial charge in [0.05, 0.1) is 22.4 Å². The molecule has 2 amide bonds. The van der Waals surface area contributed by atoms with Crippen LogP contribution in [0.3, 0.4) is 0 Å². The zero-order valence-corrected chi connectivity index (χ0v) is 21.7. The highest BCUT2D eigenvalue weighted by atomic mass is 35.5. The van der Waals surface area contributed by atoms with Crippen LogP contribution in [-0.4, -0.2) is 47.2 Å². The molecule has 0 saturated heterocycles. The number of rotatable bonds is 8. The van der Waals surface area contributed by atoms with E-state index in [1.807, 2.05) is 25.4 Å². The van der Waals surface area contributed by atoms with Crippen molar-refractivity contribution < 1.29 is 14.3 Å². The summed E-state index contributed by atoms with van der Waals surface area (Å²) >= 11 is 7.45. The van der Waals surface area contributed by atoms with Gasteiger partial charge in [0.15, 0.2) is 5.69 Å². The molecule has 1 aliphatic rings. The first-order chi connectivity index (χ1) is 17.5. The molecule has 0 atom stereocenters. The fourth-order valence-electron chi connectivity index (χ4n) is 4.07. The molecular weight excluding hydrogens is 498 g/mol. The van der Waals surface area contributed by atoms with Crippen LogP contribution in [0, 0.1) is 0 Å². The van der Waals surface area contributed by atoms with Crippen molar-refractivity contribution in [2.75, 3.05) is 23.9 Å². The average Bonchev–Trinajstić information content (AvgIpc) is 2.90. The number of benzene rings is 1. The highest BCUT2D eigenvalue weighted by Gasteiger charge is 2.24. The van der Waals surface area contributed by atoms with Gasteiger partial charge in [0.1, 0.15) is 11.6 Å². The second-order valence-electron chi connectivity index (χ2n) is 8.41. The minimum Gasteiger partial charge on any atom is -0.490 e. The van der Waals surface area contributed by atoms with E-state index in [1.54, 1.807) is 42.1 Å². The lowest BCUT2D eigenvalue weighted by Crippen LogP contribution is -2.34. The normalized spacial score (nSPS) is 17.3. The second-order valence-corrected chi connectivity index (χ2v) is 9.73. The topological polar surface area (TPSA) is 105 Å². The maximum Gasteiger partial charge on any atom is 0.277 e. The summed E-state index contributed by atoms with van der Waals surface area (Å²) in [7, 11) is 1.98. The molecule has 10 heteroatoms. The van der Waals surface area contributed by atoms with Crippen molar-refractivity contribution in [1.29, 1.82) is 0 Å². The third-order valence-corrected chi connectivity index (χ3v) is 7.00. The number of hydrogen-bond acceptors (Lipinski definition) is 7. The summed E-state index contributed by atoms with van der Waals surface area (Å²) in [5, 5.41) is 9.29. The molecule has 0 aliphatic heterocycles. The lowest BCUT2D eigenvalue weighted by molar-refractivity contribution is 0.101. The Morgan fingerprint density at radius 2 is 1.83 bits per heavy atom. The third kappa shape index (κ3) is 6.54. The van der Waals surface area contributed by atoms with Crippen molar-refractivity contribution in [3.63, 3.8) is 0 Å². The Hall–Kier alpha value is -3.14. The Bertz CT molecular complexity index is 1220. The molecule has 8 nitrogen and oxygen atoms in total. The Labute approximate surface area is 219 Å². The number of amides is 2. The molecule has 0 spiro atoms. The van der Waals surface area contributed by atoms with E-state index in [4.69, 9.17) is 16.3 Å². The molecule has 3 aromatic rings. The molecule has 2 heterocycles. The lowest BCUT2D eigenvalue weighted by Gasteiger charge is -2.29. The first kappa shape index (κ1) is 25.9. The number of carbonyl (C=O) groups is 2. The van der Waals surface area contributed by atoms with Gasteiger partial charge in [-0.15, -0.1) is 11.8 Å². The van der Waals surface area contributed by atoms with E-state index < -0.39 is 5.91 Å². The fourth-order valence-corrected chi connectivity index (χ4v) is 4.61. The number of nitrogens with one attached hydrogen (secondary N) is 3. The Kier molecular flexibility index (Phi) is 8.79. The molecule has 0 bridgehead atoms. The lowest BCUT2D eigenvalue weighted by atomic mass is 9.93. The highest BCUT2D eigenvalue weighted by molar-refractivity contribution is 7.98. The Morgan fingerprint density at radius 1 is 1.03 bits per heavy atom. The molecular formula is C26H28ClN5O3S. The number of anilines is 2. The van der Waals surface area contributed by atoms with E-state index in [9.17, 15) is 9.59 Å². The van der Waals surface area contributed by atoms with Crippen molar-refractivity contribution >= 4 is 46.7 Å². The van der Waals surface area contributed by atoms with Gasteiger partial charge in [-0.25, -0.2) is 9.97 Å². The smallest absolute Gasteiger partial charge is 0.277 e. The number of carbonyl (C=O) groups excluding carboxylic acids is 2. The maximum absolute atomic E-state index is 13.4. The van der Waals surface area contributed by atoms with Gasteiger partial charge in [0.25, 0.3) is 11.8 Å². The van der Waals surface area contributed by atoms with Crippen LogP contribution in [0.15, 0.2) is 59.8 Å². The quantitative estimate of drug-likeness (QED) is 0.344. The van der Waals surface area contributed by atoms with Crippen LogP contribution >= 0.6 is 23.4 Å². The molecule has 0 unspecified atom stereocenters. The largest absolute Gasteiger partial charge is 0.490 e. The van der Waals surface area contributed by atoms with Crippen LogP contribution in [0.5, 0.6) is 5.75 Å². The van der Waals surface area contributed by atoms with Crippen LogP contribution in [0.25, 0.3) is 0 Å². The Morgan fingerprint density at radius 3 is 2.53 bits per heavy atom. The van der Waals surface area contributed by atoms with E-state index in [2.05, 4.69) is 25.9 Å². The molecule has 188 valence electrons. The summed E-state index contributed by atoms with van der Waals surface area (Å²) in [5.74, 6) is -0.0272. The Balaban J connectivity index is 1.52. The number of pyridine rings is 2. The molecule has 0 radical (unpaired) electrons. The number of ether oxygens (including phenoxy) is 1. The van der Waals surface area contributed by atoms with Crippen LogP contribution in [0.1, 0.15) is 46.5 Å². The predicted molar refractivity (Wildman–Crippen MR) is 143 cm³/mol.